The van der Waals surface area contributed by atoms with Gasteiger partial charge in [-0.1, -0.05) is 4.78 Å². The predicted octanol–water partition coefficient (Wildman–Crippen LogP) is 6.17. The largest absolute Gasteiger partial charge is 0.540 e. The molecule has 0 spiro atoms. The zero-order chi connectivity index (χ0) is 22.1. The average Bonchev–Trinajstić information content (AvgIpc) is 2.71. The first-order valence-electron chi connectivity index (χ1n) is 8.72. The van der Waals surface area contributed by atoms with E-state index in [2.05, 4.69) is 10.2 Å². The number of halogens is 2. The number of rotatable bonds is 10. The fourth-order valence-corrected chi connectivity index (χ4v) is 3.46. The summed E-state index contributed by atoms with van der Waals surface area (Å²) in [6.07, 6.45) is 3.35. The van der Waals surface area contributed by atoms with Gasteiger partial charge in [-0.25, -0.2) is 4.78 Å². The minimum Gasteiger partial charge on any atom is -0.494 e. The summed E-state index contributed by atoms with van der Waals surface area (Å²) in [5, 5.41) is 8.51. The molecular weight excluding hydrogens is 501 g/mol. The van der Waals surface area contributed by atoms with Crippen LogP contribution in [0.1, 0.15) is 18.1 Å². The van der Waals surface area contributed by atoms with E-state index in [0.717, 1.165) is 16.9 Å². The maximum absolute atomic E-state index is 5.90. The van der Waals surface area contributed by atoms with Gasteiger partial charge in [0.2, 0.25) is 16.7 Å². The molecule has 0 aliphatic rings. The quantitative estimate of drug-likeness (QED) is 0.211. The van der Waals surface area contributed by atoms with E-state index < -0.39 is 12.0 Å². The highest BCUT2D eigenvalue weighted by Crippen LogP contribution is 2.59. The summed E-state index contributed by atoms with van der Waals surface area (Å²) in [5.41, 5.74) is 1.79. The number of benzene rings is 2. The second kappa shape index (κ2) is 11.9. The summed E-state index contributed by atoms with van der Waals surface area (Å²) in [7, 11) is 2.06. The Morgan fingerprint density at radius 1 is 0.967 bits per heavy atom. The number of nitrogens with zero attached hydrogens (tertiary/aromatic N) is 4. The number of hydrogen-bond acceptors (Lipinski definition) is 6. The van der Waals surface area contributed by atoms with Crippen LogP contribution in [0.5, 0.6) is 11.5 Å². The summed E-state index contributed by atoms with van der Waals surface area (Å²) in [4.78, 5) is -2.62. The van der Waals surface area contributed by atoms with Crippen molar-refractivity contribution in [1.82, 2.24) is 9.56 Å². The van der Waals surface area contributed by atoms with Gasteiger partial charge in [0.05, 0.1) is 26.1 Å². The molecular formula is C18H21Cl2N4O2P2S2+. The van der Waals surface area contributed by atoms with Crippen LogP contribution in [0.2, 0.25) is 0 Å². The molecule has 0 bridgehead atoms. The first kappa shape index (κ1) is 25.0. The Bertz CT molecular complexity index is 954. The van der Waals surface area contributed by atoms with Crippen LogP contribution in [0.3, 0.4) is 0 Å². The van der Waals surface area contributed by atoms with E-state index in [9.17, 15) is 0 Å². The summed E-state index contributed by atoms with van der Waals surface area (Å²) in [5.74, 6) is 1.47. The third-order valence-corrected chi connectivity index (χ3v) is 8.25. The van der Waals surface area contributed by atoms with Gasteiger partial charge in [-0.3, -0.25) is 4.52 Å². The molecule has 0 N–H and O–H groups in total. The van der Waals surface area contributed by atoms with Crippen LogP contribution in [0, 0.1) is 0 Å². The molecule has 0 fully saturated rings. The van der Waals surface area contributed by atoms with E-state index in [1.165, 1.54) is 4.78 Å². The van der Waals surface area contributed by atoms with Gasteiger partial charge in [-0.2, -0.15) is 5.10 Å². The normalized spacial score (nSPS) is 12.2. The molecule has 1 unspecified atom stereocenters. The Hall–Kier alpha value is -1.27. The van der Waals surface area contributed by atoms with Crippen molar-refractivity contribution in [3.63, 3.8) is 0 Å². The zero-order valence-corrected chi connectivity index (χ0v) is 21.5. The third-order valence-electron chi connectivity index (χ3n) is 3.58. The molecule has 12 heteroatoms. The van der Waals surface area contributed by atoms with Gasteiger partial charge in [-0.05, 0) is 101 Å². The molecule has 0 radical (unpaired) electrons. The van der Waals surface area contributed by atoms with Gasteiger partial charge in [-0.15, -0.1) is 5.10 Å². The Balaban J connectivity index is 1.91. The lowest BCUT2D eigenvalue weighted by atomic mass is 10.2. The Morgan fingerprint density at radius 3 is 1.97 bits per heavy atom. The Morgan fingerprint density at radius 2 is 1.47 bits per heavy atom. The summed E-state index contributed by atoms with van der Waals surface area (Å²) < 4.78 is 14.3. The van der Waals surface area contributed by atoms with Gasteiger partial charge >= 0.3 is 7.07 Å². The van der Waals surface area contributed by atoms with Crippen molar-refractivity contribution in [2.24, 2.45) is 10.2 Å². The molecule has 0 aliphatic heterocycles. The third kappa shape index (κ3) is 8.46. The summed E-state index contributed by atoms with van der Waals surface area (Å²) in [6.45, 7) is 2.58. The van der Waals surface area contributed by atoms with Gasteiger partial charge in [0.25, 0.3) is 0 Å². The van der Waals surface area contributed by atoms with E-state index in [4.69, 9.17) is 55.4 Å². The van der Waals surface area contributed by atoms with Gasteiger partial charge < -0.3 is 4.74 Å². The molecule has 1 atom stereocenters. The van der Waals surface area contributed by atoms with Crippen molar-refractivity contribution < 1.29 is 9.26 Å². The minimum absolute atomic E-state index is 0.635. The van der Waals surface area contributed by atoms with Crippen molar-refractivity contribution in [3.8, 4) is 11.5 Å². The van der Waals surface area contributed by atoms with Gasteiger partial charge in [0.15, 0.2) is 5.75 Å². The van der Waals surface area contributed by atoms with Crippen molar-refractivity contribution in [2.75, 3.05) is 20.7 Å². The van der Waals surface area contributed by atoms with Crippen LogP contribution in [-0.2, 0) is 23.6 Å². The fraction of sp³-hybridized carbons (Fsp3) is 0.222. The SMILES string of the molecule is CCOc1ccc(/C=N/N(C)[P+](=S)Oc2ccc(/C=N/N(C)P(=S)(Cl)Cl)cc2)cc1. The van der Waals surface area contributed by atoms with Gasteiger partial charge in [0.1, 0.15) is 5.75 Å². The second-order valence-electron chi connectivity index (χ2n) is 5.80. The molecule has 2 aromatic carbocycles. The molecule has 2 aromatic rings. The number of hydrazone groups is 2. The van der Waals surface area contributed by atoms with Crippen LogP contribution in [0.25, 0.3) is 0 Å². The van der Waals surface area contributed by atoms with Crippen molar-refractivity contribution in [1.29, 1.82) is 0 Å². The minimum atomic E-state index is -2.62. The molecule has 0 amide bonds. The molecule has 0 aromatic heterocycles. The van der Waals surface area contributed by atoms with Crippen molar-refractivity contribution in [2.45, 2.75) is 6.92 Å². The average molecular weight is 522 g/mol. The molecule has 2 rings (SSSR count). The first-order chi connectivity index (χ1) is 14.2. The second-order valence-corrected chi connectivity index (χ2v) is 15.7. The maximum Gasteiger partial charge on any atom is 0.540 e. The highest BCUT2D eigenvalue weighted by atomic mass is 35.9. The van der Waals surface area contributed by atoms with E-state index in [-0.39, 0.29) is 0 Å². The molecule has 30 heavy (non-hydrogen) atoms. The highest BCUT2D eigenvalue weighted by Gasteiger charge is 2.20. The first-order valence-corrected chi connectivity index (χ1v) is 15.5. The monoisotopic (exact) mass is 521 g/mol. The Kier molecular flexibility index (Phi) is 9.95. The van der Waals surface area contributed by atoms with Crippen molar-refractivity contribution in [3.05, 3.63) is 59.7 Å². The lowest BCUT2D eigenvalue weighted by molar-refractivity contribution is 0.340. The van der Waals surface area contributed by atoms with Gasteiger partial charge in [0, 0.05) is 7.05 Å². The molecule has 0 heterocycles. The van der Waals surface area contributed by atoms with Crippen LogP contribution < -0.4 is 9.26 Å². The predicted molar refractivity (Wildman–Crippen MR) is 136 cm³/mol. The van der Waals surface area contributed by atoms with Crippen molar-refractivity contribution >= 4 is 70.5 Å². The molecule has 0 aliphatic carbocycles. The lowest BCUT2D eigenvalue weighted by Gasteiger charge is -2.15. The van der Waals surface area contributed by atoms with E-state index >= 15 is 0 Å². The summed E-state index contributed by atoms with van der Waals surface area (Å²) in [6, 6.07) is 15.0. The van der Waals surface area contributed by atoms with Crippen LogP contribution in [0.4, 0.5) is 0 Å². The van der Waals surface area contributed by atoms with Crippen LogP contribution >= 0.6 is 34.5 Å². The number of hydrogen-bond donors (Lipinski definition) is 0. The fourth-order valence-electron chi connectivity index (χ4n) is 1.98. The molecule has 0 saturated carbocycles. The van der Waals surface area contributed by atoms with E-state index in [1.54, 1.807) is 31.3 Å². The summed E-state index contributed by atoms with van der Waals surface area (Å²) >= 11 is 22.2. The molecule has 160 valence electrons. The highest BCUT2D eigenvalue weighted by molar-refractivity contribution is 8.37. The van der Waals surface area contributed by atoms with E-state index in [0.29, 0.717) is 12.4 Å². The van der Waals surface area contributed by atoms with Crippen LogP contribution in [0.15, 0.2) is 58.7 Å². The number of ether oxygens (including phenoxy) is 1. The molecule has 6 nitrogen and oxygen atoms in total. The lowest BCUT2D eigenvalue weighted by Crippen LogP contribution is -2.03. The maximum atomic E-state index is 5.90. The van der Waals surface area contributed by atoms with E-state index in [1.807, 2.05) is 55.5 Å². The smallest absolute Gasteiger partial charge is 0.494 e. The topological polar surface area (TPSA) is 49.7 Å². The Labute approximate surface area is 197 Å². The molecule has 0 saturated heterocycles. The van der Waals surface area contributed by atoms with Crippen LogP contribution in [-0.4, -0.2) is 42.7 Å². The standard InChI is InChI=1S/C18H21Cl2N4O2P2S2/c1-4-25-17-9-5-15(6-10-17)13-21-23(2)27(29)26-18-11-7-16(8-12-18)14-22-24(3)28(19,20)30/h5-14H,4H2,1-3H3/q+1/b21-13+,22-14+. The zero-order valence-electron chi connectivity index (χ0n) is 16.6.